The van der Waals surface area contributed by atoms with Crippen LogP contribution in [0.4, 0.5) is 0 Å². The molecule has 0 radical (unpaired) electrons. The summed E-state index contributed by atoms with van der Waals surface area (Å²) in [5.41, 5.74) is 2.09. The number of nitrogens with one attached hydrogen (secondary N) is 1. The van der Waals surface area contributed by atoms with E-state index in [0.717, 1.165) is 16.5 Å². The molecule has 0 aliphatic heterocycles. The standard InChI is InChI=1S/C9H10N2O.C2H6/c1-6-4-3-5-7-8(6)11(2)10-9(7)12;1-2/h3-5H,1-2H3,(H,10,12);1-2H3. The molecule has 0 aliphatic rings. The predicted molar refractivity (Wildman–Crippen MR) is 59.6 cm³/mol. The van der Waals surface area contributed by atoms with Crippen molar-refractivity contribution >= 4 is 10.9 Å². The fourth-order valence-electron chi connectivity index (χ4n) is 1.56. The van der Waals surface area contributed by atoms with Gasteiger partial charge in [0.2, 0.25) is 0 Å². The second-order valence-electron chi connectivity index (χ2n) is 2.97. The van der Waals surface area contributed by atoms with Gasteiger partial charge in [0.05, 0.1) is 10.9 Å². The third kappa shape index (κ3) is 1.58. The van der Waals surface area contributed by atoms with E-state index >= 15 is 0 Å². The van der Waals surface area contributed by atoms with Crippen LogP contribution in [0.3, 0.4) is 0 Å². The number of aromatic amines is 1. The third-order valence-electron chi connectivity index (χ3n) is 2.09. The van der Waals surface area contributed by atoms with Crippen LogP contribution < -0.4 is 5.56 Å². The Morgan fingerprint density at radius 2 is 1.93 bits per heavy atom. The summed E-state index contributed by atoms with van der Waals surface area (Å²) in [7, 11) is 1.84. The average molecular weight is 192 g/mol. The maximum Gasteiger partial charge on any atom is 0.271 e. The number of rotatable bonds is 0. The Bertz CT molecular complexity index is 479. The van der Waals surface area contributed by atoms with Gasteiger partial charge >= 0.3 is 0 Å². The van der Waals surface area contributed by atoms with Crippen LogP contribution in [0.5, 0.6) is 0 Å². The first-order valence-electron chi connectivity index (χ1n) is 4.84. The monoisotopic (exact) mass is 192 g/mol. The van der Waals surface area contributed by atoms with Crippen LogP contribution in [-0.2, 0) is 7.05 Å². The summed E-state index contributed by atoms with van der Waals surface area (Å²) < 4.78 is 1.76. The molecule has 0 unspecified atom stereocenters. The molecule has 1 aromatic heterocycles. The zero-order chi connectivity index (χ0) is 10.7. The third-order valence-corrected chi connectivity index (χ3v) is 2.09. The minimum absolute atomic E-state index is 0.0174. The smallest absolute Gasteiger partial charge is 0.271 e. The summed E-state index contributed by atoms with van der Waals surface area (Å²) in [6, 6.07) is 5.73. The van der Waals surface area contributed by atoms with E-state index in [9.17, 15) is 4.79 Å². The molecule has 0 bridgehead atoms. The lowest BCUT2D eigenvalue weighted by Gasteiger charge is -1.97. The number of para-hydroxylation sites is 1. The molecule has 1 heterocycles. The van der Waals surface area contributed by atoms with E-state index in [0.29, 0.717) is 0 Å². The SMILES string of the molecule is CC.Cc1cccc2c(=O)[nH]n(C)c12. The van der Waals surface area contributed by atoms with Crippen LogP contribution in [0.1, 0.15) is 19.4 Å². The summed E-state index contributed by atoms with van der Waals surface area (Å²) in [6.45, 7) is 6.00. The van der Waals surface area contributed by atoms with Gasteiger partial charge in [0, 0.05) is 7.05 Å². The van der Waals surface area contributed by atoms with E-state index in [-0.39, 0.29) is 5.56 Å². The molecular formula is C11H16N2O. The summed E-state index contributed by atoms with van der Waals surface area (Å²) in [6.07, 6.45) is 0. The molecule has 0 fully saturated rings. The molecule has 1 N–H and O–H groups in total. The number of hydrogen-bond donors (Lipinski definition) is 1. The van der Waals surface area contributed by atoms with Gasteiger partial charge in [-0.2, -0.15) is 0 Å². The van der Waals surface area contributed by atoms with Gasteiger partial charge in [-0.25, -0.2) is 0 Å². The molecule has 76 valence electrons. The van der Waals surface area contributed by atoms with Crippen LogP contribution in [0.25, 0.3) is 10.9 Å². The van der Waals surface area contributed by atoms with Crippen molar-refractivity contribution in [2.75, 3.05) is 0 Å². The highest BCUT2D eigenvalue weighted by atomic mass is 16.1. The van der Waals surface area contributed by atoms with Gasteiger partial charge < -0.3 is 0 Å². The Labute approximate surface area is 83.3 Å². The van der Waals surface area contributed by atoms with Gasteiger partial charge in [0.15, 0.2) is 0 Å². The zero-order valence-electron chi connectivity index (χ0n) is 9.09. The highest BCUT2D eigenvalue weighted by Gasteiger charge is 2.04. The van der Waals surface area contributed by atoms with Crippen LogP contribution in [-0.4, -0.2) is 9.78 Å². The lowest BCUT2D eigenvalue weighted by Crippen LogP contribution is -2.01. The Morgan fingerprint density at radius 3 is 2.50 bits per heavy atom. The quantitative estimate of drug-likeness (QED) is 0.682. The van der Waals surface area contributed by atoms with Crippen molar-refractivity contribution in [3.05, 3.63) is 34.1 Å². The molecule has 14 heavy (non-hydrogen) atoms. The Morgan fingerprint density at radius 1 is 1.29 bits per heavy atom. The van der Waals surface area contributed by atoms with Crippen LogP contribution in [0.15, 0.2) is 23.0 Å². The number of nitrogens with zero attached hydrogens (tertiary/aromatic N) is 1. The molecule has 0 amide bonds. The first-order valence-corrected chi connectivity index (χ1v) is 4.84. The highest BCUT2D eigenvalue weighted by molar-refractivity contribution is 5.81. The topological polar surface area (TPSA) is 37.8 Å². The number of H-pyrrole nitrogens is 1. The fraction of sp³-hybridized carbons (Fsp3) is 0.364. The number of hydrogen-bond acceptors (Lipinski definition) is 1. The molecule has 0 saturated carbocycles. The molecule has 1 aromatic carbocycles. The van der Waals surface area contributed by atoms with Gasteiger partial charge in [-0.15, -0.1) is 0 Å². The molecule has 2 aromatic rings. The van der Waals surface area contributed by atoms with Crippen molar-refractivity contribution in [2.24, 2.45) is 7.05 Å². The Hall–Kier alpha value is -1.51. The van der Waals surface area contributed by atoms with E-state index in [4.69, 9.17) is 0 Å². The van der Waals surface area contributed by atoms with Crippen molar-refractivity contribution in [3.63, 3.8) is 0 Å². The van der Waals surface area contributed by atoms with Gasteiger partial charge in [0.25, 0.3) is 5.56 Å². The van der Waals surface area contributed by atoms with E-state index in [1.807, 2.05) is 46.0 Å². The fourth-order valence-corrected chi connectivity index (χ4v) is 1.56. The van der Waals surface area contributed by atoms with E-state index < -0.39 is 0 Å². The van der Waals surface area contributed by atoms with Crippen LogP contribution in [0, 0.1) is 6.92 Å². The second-order valence-corrected chi connectivity index (χ2v) is 2.97. The number of benzene rings is 1. The van der Waals surface area contributed by atoms with E-state index in [2.05, 4.69) is 5.10 Å². The lowest BCUT2D eigenvalue weighted by atomic mass is 10.2. The number of aromatic nitrogens is 2. The predicted octanol–water partition coefficient (Wildman–Crippen LogP) is 2.20. The van der Waals surface area contributed by atoms with Gasteiger partial charge in [-0.05, 0) is 18.6 Å². The Kier molecular flexibility index (Phi) is 3.12. The molecular weight excluding hydrogens is 176 g/mol. The van der Waals surface area contributed by atoms with E-state index in [1.54, 1.807) is 4.68 Å². The molecule has 3 nitrogen and oxygen atoms in total. The van der Waals surface area contributed by atoms with Crippen molar-refractivity contribution < 1.29 is 0 Å². The maximum atomic E-state index is 11.3. The molecule has 3 heteroatoms. The molecule has 2 rings (SSSR count). The minimum Gasteiger partial charge on any atom is -0.287 e. The van der Waals surface area contributed by atoms with Crippen molar-refractivity contribution in [1.29, 1.82) is 0 Å². The summed E-state index contributed by atoms with van der Waals surface area (Å²) >= 11 is 0. The molecule has 0 saturated heterocycles. The van der Waals surface area contributed by atoms with Crippen molar-refractivity contribution in [2.45, 2.75) is 20.8 Å². The molecule has 0 spiro atoms. The first kappa shape index (κ1) is 10.6. The maximum absolute atomic E-state index is 11.3. The summed E-state index contributed by atoms with van der Waals surface area (Å²) in [5.74, 6) is 0. The number of aryl methyl sites for hydroxylation is 2. The van der Waals surface area contributed by atoms with Crippen LogP contribution >= 0.6 is 0 Å². The Balaban J connectivity index is 0.000000461. The van der Waals surface area contributed by atoms with Crippen LogP contribution in [0.2, 0.25) is 0 Å². The largest absolute Gasteiger partial charge is 0.287 e. The molecule has 0 atom stereocenters. The summed E-state index contributed by atoms with van der Waals surface area (Å²) in [5, 5.41) is 3.48. The number of fused-ring (bicyclic) bond motifs is 1. The zero-order valence-corrected chi connectivity index (χ0v) is 9.09. The normalized spacial score (nSPS) is 9.71. The molecule has 0 aliphatic carbocycles. The van der Waals surface area contributed by atoms with Crippen molar-refractivity contribution in [1.82, 2.24) is 9.78 Å². The second kappa shape index (κ2) is 4.13. The van der Waals surface area contributed by atoms with Gasteiger partial charge in [-0.1, -0.05) is 26.0 Å². The van der Waals surface area contributed by atoms with Gasteiger partial charge in [-0.3, -0.25) is 14.6 Å². The highest BCUT2D eigenvalue weighted by Crippen LogP contribution is 2.12. The summed E-state index contributed by atoms with van der Waals surface area (Å²) in [4.78, 5) is 11.3. The minimum atomic E-state index is -0.0174. The average Bonchev–Trinajstić information content (AvgIpc) is 2.47. The van der Waals surface area contributed by atoms with Gasteiger partial charge in [0.1, 0.15) is 0 Å². The first-order chi connectivity index (χ1) is 6.70. The van der Waals surface area contributed by atoms with Crippen molar-refractivity contribution in [3.8, 4) is 0 Å². The van der Waals surface area contributed by atoms with E-state index in [1.165, 1.54) is 0 Å². The lowest BCUT2D eigenvalue weighted by molar-refractivity contribution is 0.781.